The van der Waals surface area contributed by atoms with Crippen molar-refractivity contribution < 1.29 is 19.1 Å². The van der Waals surface area contributed by atoms with Crippen molar-refractivity contribution in [3.8, 4) is 0 Å². The Morgan fingerprint density at radius 3 is 1.89 bits per heavy atom. The van der Waals surface area contributed by atoms with Gasteiger partial charge in [-0.05, 0) is 64.9 Å². The Labute approximate surface area is 215 Å². The Morgan fingerprint density at radius 2 is 1.46 bits per heavy atom. The number of Topliss-reactive ketones (excluding diaryl/α,β-unsaturated/α-hetero) is 1. The fourth-order valence-electron chi connectivity index (χ4n) is 3.19. The molecule has 2 unspecified atom stereocenters. The summed E-state index contributed by atoms with van der Waals surface area (Å²) in [6.45, 7) is 26.5. The maximum atomic E-state index is 13.7. The van der Waals surface area contributed by atoms with Crippen LogP contribution in [-0.2, 0) is 19.1 Å². The van der Waals surface area contributed by atoms with E-state index in [4.69, 9.17) is 9.47 Å². The van der Waals surface area contributed by atoms with E-state index in [9.17, 15) is 9.59 Å². The van der Waals surface area contributed by atoms with E-state index >= 15 is 0 Å². The zero-order valence-electron chi connectivity index (χ0n) is 24.4. The minimum atomic E-state index is -0.788. The molecule has 1 rings (SSSR count). The number of hydrogen-bond acceptors (Lipinski definition) is 4. The summed E-state index contributed by atoms with van der Waals surface area (Å²) >= 11 is 0. The smallest absolute Gasteiger partial charge is 0.174 e. The third kappa shape index (κ3) is 13.2. The Hall–Kier alpha value is -1.78. The van der Waals surface area contributed by atoms with E-state index in [1.165, 1.54) is 0 Å². The van der Waals surface area contributed by atoms with Crippen molar-refractivity contribution in [2.75, 3.05) is 6.61 Å². The van der Waals surface area contributed by atoms with Crippen LogP contribution in [0.3, 0.4) is 0 Å². The second kappa shape index (κ2) is 14.1. The number of ketones is 1. The standard InChI is InChI=1S/C26H40O4.C5H12/c1-9-14-20(19-27)15-13-18-29-26(7,8)25(5,6)23(28)22(30-24(2,3)4)21-16-11-10-12-17-21;1-5(2,3)4/h9-12,16-17,19-20,22H,1,13-15,18H2,2-8H3;1-4H3. The van der Waals surface area contributed by atoms with Gasteiger partial charge in [0, 0.05) is 12.5 Å². The molecule has 2 atom stereocenters. The van der Waals surface area contributed by atoms with Crippen LogP contribution in [0.5, 0.6) is 0 Å². The van der Waals surface area contributed by atoms with E-state index in [0.717, 1.165) is 24.7 Å². The average molecular weight is 489 g/mol. The molecule has 35 heavy (non-hydrogen) atoms. The molecule has 0 aromatic heterocycles. The molecule has 1 aromatic carbocycles. The van der Waals surface area contributed by atoms with E-state index in [1.54, 1.807) is 6.08 Å². The van der Waals surface area contributed by atoms with Crippen molar-refractivity contribution >= 4 is 12.1 Å². The summed E-state index contributed by atoms with van der Waals surface area (Å²) in [6, 6.07) is 9.63. The van der Waals surface area contributed by atoms with Gasteiger partial charge in [-0.1, -0.05) is 78.0 Å². The zero-order valence-corrected chi connectivity index (χ0v) is 24.4. The van der Waals surface area contributed by atoms with Crippen molar-refractivity contribution in [3.63, 3.8) is 0 Å². The van der Waals surface area contributed by atoms with Gasteiger partial charge < -0.3 is 14.3 Å². The van der Waals surface area contributed by atoms with E-state index in [0.29, 0.717) is 18.4 Å². The minimum Gasteiger partial charge on any atom is -0.375 e. The van der Waals surface area contributed by atoms with Gasteiger partial charge in [-0.2, -0.15) is 0 Å². The number of rotatable bonds is 13. The van der Waals surface area contributed by atoms with Crippen molar-refractivity contribution in [2.24, 2.45) is 16.7 Å². The van der Waals surface area contributed by atoms with Crippen molar-refractivity contribution in [1.82, 2.24) is 0 Å². The lowest BCUT2D eigenvalue weighted by Crippen LogP contribution is -2.50. The van der Waals surface area contributed by atoms with Crippen LogP contribution in [-0.4, -0.2) is 29.9 Å². The summed E-state index contributed by atoms with van der Waals surface area (Å²) in [5.41, 5.74) is -0.608. The lowest BCUT2D eigenvalue weighted by Gasteiger charge is -2.43. The lowest BCUT2D eigenvalue weighted by atomic mass is 9.71. The predicted octanol–water partition coefficient (Wildman–Crippen LogP) is 8.16. The first-order valence-electron chi connectivity index (χ1n) is 12.8. The highest BCUT2D eigenvalue weighted by atomic mass is 16.5. The summed E-state index contributed by atoms with van der Waals surface area (Å²) in [6.07, 6.45) is 4.26. The third-order valence-corrected chi connectivity index (χ3v) is 5.78. The number of allylic oxidation sites excluding steroid dienone is 1. The monoisotopic (exact) mass is 488 g/mol. The lowest BCUT2D eigenvalue weighted by molar-refractivity contribution is -0.168. The first kappa shape index (κ1) is 33.2. The second-order valence-corrected chi connectivity index (χ2v) is 12.9. The Balaban J connectivity index is 0.00000209. The molecule has 0 amide bonds. The van der Waals surface area contributed by atoms with Crippen LogP contribution in [0.1, 0.15) is 107 Å². The average Bonchev–Trinajstić information content (AvgIpc) is 2.72. The molecule has 0 aliphatic carbocycles. The van der Waals surface area contributed by atoms with Crippen molar-refractivity contribution in [2.45, 2.75) is 113 Å². The Bertz CT molecular complexity index is 757. The van der Waals surface area contributed by atoms with Gasteiger partial charge in [0.15, 0.2) is 5.78 Å². The van der Waals surface area contributed by atoms with Crippen LogP contribution in [0.25, 0.3) is 0 Å². The highest BCUT2D eigenvalue weighted by molar-refractivity contribution is 5.90. The number of ether oxygens (including phenoxy) is 2. The van der Waals surface area contributed by atoms with Gasteiger partial charge in [0.05, 0.1) is 16.6 Å². The van der Waals surface area contributed by atoms with Gasteiger partial charge in [0.25, 0.3) is 0 Å². The quantitative estimate of drug-likeness (QED) is 0.160. The molecule has 0 radical (unpaired) electrons. The highest BCUT2D eigenvalue weighted by Crippen LogP contribution is 2.41. The molecule has 4 nitrogen and oxygen atoms in total. The number of hydrogen-bond donors (Lipinski definition) is 0. The topological polar surface area (TPSA) is 52.6 Å². The molecule has 0 bridgehead atoms. The normalized spacial score (nSPS) is 14.4. The van der Waals surface area contributed by atoms with Crippen LogP contribution in [0, 0.1) is 16.7 Å². The molecule has 0 saturated heterocycles. The minimum absolute atomic E-state index is 0.00829. The molecule has 0 aliphatic heterocycles. The van der Waals surface area contributed by atoms with E-state index in [1.807, 2.05) is 78.8 Å². The first-order chi connectivity index (χ1) is 15.9. The van der Waals surface area contributed by atoms with Gasteiger partial charge in [0.2, 0.25) is 0 Å². The van der Waals surface area contributed by atoms with Crippen LogP contribution < -0.4 is 0 Å². The number of aldehydes is 1. The summed E-state index contributed by atoms with van der Waals surface area (Å²) in [4.78, 5) is 24.8. The van der Waals surface area contributed by atoms with Crippen molar-refractivity contribution in [1.29, 1.82) is 0 Å². The van der Waals surface area contributed by atoms with Gasteiger partial charge in [-0.3, -0.25) is 4.79 Å². The molecule has 200 valence electrons. The molecule has 0 aliphatic rings. The van der Waals surface area contributed by atoms with E-state index < -0.39 is 22.7 Å². The van der Waals surface area contributed by atoms with E-state index in [-0.39, 0.29) is 11.7 Å². The van der Waals surface area contributed by atoms with Crippen molar-refractivity contribution in [3.05, 3.63) is 48.6 Å². The fraction of sp³-hybridized carbons (Fsp3) is 0.677. The Morgan fingerprint density at radius 1 is 0.943 bits per heavy atom. The van der Waals surface area contributed by atoms with Gasteiger partial charge in [-0.15, -0.1) is 6.58 Å². The Kier molecular flexibility index (Phi) is 13.4. The summed E-state index contributed by atoms with van der Waals surface area (Å²) < 4.78 is 12.4. The molecule has 0 N–H and O–H groups in total. The van der Waals surface area contributed by atoms with Gasteiger partial charge in [0.1, 0.15) is 12.4 Å². The van der Waals surface area contributed by atoms with Crippen LogP contribution in [0.2, 0.25) is 0 Å². The molecule has 0 fully saturated rings. The van der Waals surface area contributed by atoms with E-state index in [2.05, 4.69) is 34.3 Å². The first-order valence-corrected chi connectivity index (χ1v) is 12.8. The van der Waals surface area contributed by atoms with Gasteiger partial charge >= 0.3 is 0 Å². The molecular formula is C31H52O4. The number of carbonyl (C=O) groups is 2. The maximum absolute atomic E-state index is 13.7. The third-order valence-electron chi connectivity index (χ3n) is 5.78. The summed E-state index contributed by atoms with van der Waals surface area (Å²) in [5.74, 6) is -0.0300. The SMILES string of the molecule is C=CCC(C=O)CCCOC(C)(C)C(C)(C)C(=O)C(OC(C)(C)C)c1ccccc1.CC(C)(C)C. The number of carbonyl (C=O) groups excluding carboxylic acids is 2. The highest BCUT2D eigenvalue weighted by Gasteiger charge is 2.48. The largest absolute Gasteiger partial charge is 0.375 e. The molecule has 1 aromatic rings. The molecule has 0 saturated carbocycles. The zero-order chi connectivity index (χ0) is 27.5. The summed E-state index contributed by atoms with van der Waals surface area (Å²) in [5, 5.41) is 0. The fourth-order valence-corrected chi connectivity index (χ4v) is 3.19. The van der Waals surface area contributed by atoms with Crippen LogP contribution >= 0.6 is 0 Å². The van der Waals surface area contributed by atoms with Crippen LogP contribution in [0.4, 0.5) is 0 Å². The summed E-state index contributed by atoms with van der Waals surface area (Å²) in [7, 11) is 0. The molecule has 0 spiro atoms. The molecular weight excluding hydrogens is 436 g/mol. The maximum Gasteiger partial charge on any atom is 0.174 e. The van der Waals surface area contributed by atoms with Gasteiger partial charge in [-0.25, -0.2) is 0 Å². The predicted molar refractivity (Wildman–Crippen MR) is 148 cm³/mol. The number of benzene rings is 1. The molecule has 4 heteroatoms. The van der Waals surface area contributed by atoms with Crippen LogP contribution in [0.15, 0.2) is 43.0 Å². The molecule has 0 heterocycles. The second-order valence-electron chi connectivity index (χ2n) is 12.9.